The molecule has 2 aromatic carbocycles. The summed E-state index contributed by atoms with van der Waals surface area (Å²) in [7, 11) is 0. The Morgan fingerprint density at radius 1 is 1.09 bits per heavy atom. The minimum absolute atomic E-state index is 0.207. The van der Waals surface area contributed by atoms with Crippen LogP contribution in [0.25, 0.3) is 6.08 Å². The molecule has 1 amide bonds. The Morgan fingerprint density at radius 2 is 1.86 bits per heavy atom. The summed E-state index contributed by atoms with van der Waals surface area (Å²) in [5.74, 6) is -0.204. The van der Waals surface area contributed by atoms with Gasteiger partial charge in [0.25, 0.3) is 5.91 Å². The van der Waals surface area contributed by atoms with E-state index in [0.29, 0.717) is 11.4 Å². The number of hydrogen-bond donors (Lipinski definition) is 1. The van der Waals surface area contributed by atoms with Crippen molar-refractivity contribution in [1.29, 1.82) is 0 Å². The summed E-state index contributed by atoms with van der Waals surface area (Å²) in [6.07, 6.45) is 1.46. The number of amidine groups is 1. The largest absolute Gasteiger partial charge is 0.305 e. The van der Waals surface area contributed by atoms with Crippen LogP contribution in [0.4, 0.5) is 4.39 Å². The van der Waals surface area contributed by atoms with Gasteiger partial charge in [0, 0.05) is 11.1 Å². The van der Waals surface area contributed by atoms with E-state index < -0.39 is 0 Å². The molecular formula is C18H15FN2O. The number of nitrogens with one attached hydrogen (secondary N) is 1. The Hall–Kier alpha value is -2.75. The number of benzene rings is 2. The van der Waals surface area contributed by atoms with Gasteiger partial charge in [-0.1, -0.05) is 30.3 Å². The predicted octanol–water partition coefficient (Wildman–Crippen LogP) is 3.36. The number of nitrogens with zero attached hydrogens (tertiary/aromatic N) is 1. The van der Waals surface area contributed by atoms with E-state index in [0.717, 1.165) is 11.1 Å². The highest BCUT2D eigenvalue weighted by molar-refractivity contribution is 6.19. The summed E-state index contributed by atoms with van der Waals surface area (Å²) < 4.78 is 13.7. The van der Waals surface area contributed by atoms with Crippen LogP contribution in [0, 0.1) is 19.7 Å². The minimum atomic E-state index is -0.377. The van der Waals surface area contributed by atoms with Gasteiger partial charge in [-0.05, 0) is 43.2 Å². The van der Waals surface area contributed by atoms with E-state index in [1.807, 2.05) is 32.0 Å². The maximum absolute atomic E-state index is 13.7. The lowest BCUT2D eigenvalue weighted by Gasteiger charge is -2.04. The van der Waals surface area contributed by atoms with E-state index >= 15 is 0 Å². The summed E-state index contributed by atoms with van der Waals surface area (Å²) >= 11 is 0. The molecule has 0 saturated carbocycles. The SMILES string of the molecule is Cc1ccc(C2=N/C(=C\c3ccccc3F)C(=O)N2)cc1C. The first kappa shape index (κ1) is 14.2. The molecule has 0 aromatic heterocycles. The summed E-state index contributed by atoms with van der Waals surface area (Å²) in [5, 5.41) is 2.73. The second kappa shape index (κ2) is 5.56. The van der Waals surface area contributed by atoms with E-state index in [1.54, 1.807) is 18.2 Å². The number of rotatable bonds is 2. The van der Waals surface area contributed by atoms with E-state index in [9.17, 15) is 9.18 Å². The van der Waals surface area contributed by atoms with E-state index in [4.69, 9.17) is 0 Å². The second-order valence-corrected chi connectivity index (χ2v) is 5.26. The van der Waals surface area contributed by atoms with Crippen molar-refractivity contribution in [2.45, 2.75) is 13.8 Å². The quantitative estimate of drug-likeness (QED) is 0.848. The van der Waals surface area contributed by atoms with Crippen LogP contribution in [-0.4, -0.2) is 11.7 Å². The third kappa shape index (κ3) is 2.68. The van der Waals surface area contributed by atoms with Crippen molar-refractivity contribution in [3.8, 4) is 0 Å². The van der Waals surface area contributed by atoms with Gasteiger partial charge in [0.2, 0.25) is 0 Å². The fourth-order valence-electron chi connectivity index (χ4n) is 2.23. The highest BCUT2D eigenvalue weighted by Gasteiger charge is 2.21. The normalized spacial score (nSPS) is 15.9. The Kier molecular flexibility index (Phi) is 3.59. The number of amides is 1. The van der Waals surface area contributed by atoms with Crippen LogP contribution in [0.5, 0.6) is 0 Å². The van der Waals surface area contributed by atoms with Crippen molar-refractivity contribution in [3.63, 3.8) is 0 Å². The van der Waals surface area contributed by atoms with Crippen LogP contribution in [0.15, 0.2) is 53.2 Å². The zero-order chi connectivity index (χ0) is 15.7. The van der Waals surface area contributed by atoms with Gasteiger partial charge in [0.1, 0.15) is 17.3 Å². The molecule has 1 aliphatic rings. The topological polar surface area (TPSA) is 41.5 Å². The Morgan fingerprint density at radius 3 is 2.59 bits per heavy atom. The van der Waals surface area contributed by atoms with E-state index in [2.05, 4.69) is 10.3 Å². The molecule has 0 aliphatic carbocycles. The first-order valence-electron chi connectivity index (χ1n) is 6.98. The third-order valence-corrected chi connectivity index (χ3v) is 3.67. The Bertz CT molecular complexity index is 822. The van der Waals surface area contributed by atoms with Gasteiger partial charge in [-0.25, -0.2) is 9.38 Å². The zero-order valence-electron chi connectivity index (χ0n) is 12.4. The van der Waals surface area contributed by atoms with Crippen molar-refractivity contribution in [2.75, 3.05) is 0 Å². The number of halogens is 1. The fourth-order valence-corrected chi connectivity index (χ4v) is 2.23. The number of aliphatic imine (C=N–C) groups is 1. The van der Waals surface area contributed by atoms with Gasteiger partial charge in [-0.15, -0.1) is 0 Å². The van der Waals surface area contributed by atoms with Gasteiger partial charge in [-0.2, -0.15) is 0 Å². The van der Waals surface area contributed by atoms with Crippen molar-refractivity contribution in [1.82, 2.24) is 5.32 Å². The smallest absolute Gasteiger partial charge is 0.275 e. The lowest BCUT2D eigenvalue weighted by Crippen LogP contribution is -2.24. The van der Waals surface area contributed by atoms with Crippen LogP contribution in [0.1, 0.15) is 22.3 Å². The average molecular weight is 294 g/mol. The highest BCUT2D eigenvalue weighted by atomic mass is 19.1. The monoisotopic (exact) mass is 294 g/mol. The molecule has 3 nitrogen and oxygen atoms in total. The van der Waals surface area contributed by atoms with Crippen molar-refractivity contribution >= 4 is 17.8 Å². The number of aryl methyl sites for hydroxylation is 2. The molecule has 3 rings (SSSR count). The lowest BCUT2D eigenvalue weighted by molar-refractivity contribution is -0.115. The van der Waals surface area contributed by atoms with Crippen molar-refractivity contribution in [2.24, 2.45) is 4.99 Å². The van der Waals surface area contributed by atoms with Gasteiger partial charge >= 0.3 is 0 Å². The summed E-state index contributed by atoms with van der Waals surface area (Å²) in [4.78, 5) is 16.3. The highest BCUT2D eigenvalue weighted by Crippen LogP contribution is 2.18. The van der Waals surface area contributed by atoms with Crippen LogP contribution < -0.4 is 5.32 Å². The average Bonchev–Trinajstić information content (AvgIpc) is 2.85. The zero-order valence-corrected chi connectivity index (χ0v) is 12.4. The lowest BCUT2D eigenvalue weighted by atomic mass is 10.1. The van der Waals surface area contributed by atoms with Crippen molar-refractivity contribution in [3.05, 3.63) is 76.2 Å². The molecular weight excluding hydrogens is 279 g/mol. The predicted molar refractivity (Wildman–Crippen MR) is 85.0 cm³/mol. The summed E-state index contributed by atoms with van der Waals surface area (Å²) in [6.45, 7) is 4.03. The maximum Gasteiger partial charge on any atom is 0.275 e. The van der Waals surface area contributed by atoms with Crippen LogP contribution in [-0.2, 0) is 4.79 Å². The molecule has 0 radical (unpaired) electrons. The summed E-state index contributed by atoms with van der Waals surface area (Å²) in [6, 6.07) is 12.2. The fraction of sp³-hybridized carbons (Fsp3) is 0.111. The van der Waals surface area contributed by atoms with Crippen LogP contribution >= 0.6 is 0 Å². The molecule has 0 fully saturated rings. The van der Waals surface area contributed by atoms with Crippen LogP contribution in [0.3, 0.4) is 0 Å². The Labute approximate surface area is 128 Å². The van der Waals surface area contributed by atoms with E-state index in [1.165, 1.54) is 17.7 Å². The first-order chi connectivity index (χ1) is 10.5. The molecule has 4 heteroatoms. The number of carbonyl (C=O) groups is 1. The molecule has 1 aliphatic heterocycles. The molecule has 0 unspecified atom stereocenters. The standard InChI is InChI=1S/C18H15FN2O/c1-11-7-8-14(9-12(11)2)17-20-16(18(22)21-17)10-13-5-3-4-6-15(13)19/h3-10H,1-2H3,(H,20,21,22)/b16-10-. The molecule has 0 spiro atoms. The number of carbonyl (C=O) groups excluding carboxylic acids is 1. The van der Waals surface area contributed by atoms with Gasteiger partial charge < -0.3 is 5.32 Å². The minimum Gasteiger partial charge on any atom is -0.305 e. The molecule has 110 valence electrons. The molecule has 2 aromatic rings. The second-order valence-electron chi connectivity index (χ2n) is 5.26. The molecule has 0 bridgehead atoms. The van der Waals surface area contributed by atoms with E-state index in [-0.39, 0.29) is 17.4 Å². The van der Waals surface area contributed by atoms with Crippen LogP contribution in [0.2, 0.25) is 0 Å². The van der Waals surface area contributed by atoms with Gasteiger partial charge in [0.05, 0.1) is 0 Å². The molecule has 0 saturated heterocycles. The molecule has 22 heavy (non-hydrogen) atoms. The third-order valence-electron chi connectivity index (χ3n) is 3.67. The first-order valence-corrected chi connectivity index (χ1v) is 6.98. The molecule has 0 atom stereocenters. The number of hydrogen-bond acceptors (Lipinski definition) is 2. The molecule has 1 N–H and O–H groups in total. The maximum atomic E-state index is 13.7. The van der Waals surface area contributed by atoms with Crippen molar-refractivity contribution < 1.29 is 9.18 Å². The Balaban J connectivity index is 1.98. The summed E-state index contributed by atoms with van der Waals surface area (Å²) in [5.41, 5.74) is 3.70. The van der Waals surface area contributed by atoms with Gasteiger partial charge in [-0.3, -0.25) is 4.79 Å². The molecule has 1 heterocycles. The van der Waals surface area contributed by atoms with Gasteiger partial charge in [0.15, 0.2) is 0 Å².